The Morgan fingerprint density at radius 3 is 2.11 bits per heavy atom. The Morgan fingerprint density at radius 2 is 1.22 bits per heavy atom. The number of aromatic nitrogens is 3. The lowest BCUT2D eigenvalue weighted by Crippen LogP contribution is -2.17. The molecule has 0 amide bonds. The van der Waals surface area contributed by atoms with Crippen LogP contribution in [-0.4, -0.2) is 15.0 Å². The molecule has 5 aromatic carbocycles. The number of benzene rings is 5. The maximum atomic E-state index is 6.43. The van der Waals surface area contributed by atoms with E-state index in [1.165, 1.54) is 5.56 Å². The van der Waals surface area contributed by atoms with Gasteiger partial charge in [-0.2, -0.15) is 0 Å². The zero-order valence-electron chi connectivity index (χ0n) is 25.5. The molecule has 0 saturated heterocycles. The van der Waals surface area contributed by atoms with Crippen molar-refractivity contribution in [3.8, 4) is 56.3 Å². The number of rotatable bonds is 4. The van der Waals surface area contributed by atoms with Gasteiger partial charge in [-0.3, -0.25) is 4.98 Å². The van der Waals surface area contributed by atoms with Crippen molar-refractivity contribution in [2.75, 3.05) is 0 Å². The predicted molar refractivity (Wildman–Crippen MR) is 186 cm³/mol. The zero-order chi connectivity index (χ0) is 30.8. The Balaban J connectivity index is 1.27. The van der Waals surface area contributed by atoms with Crippen LogP contribution in [0.25, 0.3) is 78.2 Å². The molecule has 46 heavy (non-hydrogen) atoms. The van der Waals surface area contributed by atoms with Crippen molar-refractivity contribution in [3.05, 3.63) is 151 Å². The third-order valence-electron chi connectivity index (χ3n) is 9.32. The fraction of sp³-hybridized carbons (Fsp3) is 0.0714. The molecular weight excluding hydrogens is 562 g/mol. The third kappa shape index (κ3) is 4.04. The maximum Gasteiger partial charge on any atom is 0.160 e. The molecule has 0 atom stereocenters. The number of hydrogen-bond donors (Lipinski definition) is 0. The lowest BCUT2D eigenvalue weighted by Gasteiger charge is -2.24. The van der Waals surface area contributed by atoms with Crippen molar-refractivity contribution in [1.82, 2.24) is 15.0 Å². The molecule has 0 N–H and O–H groups in total. The van der Waals surface area contributed by atoms with Crippen LogP contribution < -0.4 is 0 Å². The van der Waals surface area contributed by atoms with Crippen molar-refractivity contribution in [1.29, 1.82) is 0 Å². The van der Waals surface area contributed by atoms with Crippen LogP contribution in [0, 0.1) is 0 Å². The Labute approximate surface area is 267 Å². The fourth-order valence-electron chi connectivity index (χ4n) is 7.11. The first-order chi connectivity index (χ1) is 22.6. The van der Waals surface area contributed by atoms with Crippen LogP contribution in [0.3, 0.4) is 0 Å². The predicted octanol–water partition coefficient (Wildman–Crippen LogP) is 10.7. The number of furan rings is 1. The molecule has 218 valence electrons. The van der Waals surface area contributed by atoms with Crippen LogP contribution in [0.5, 0.6) is 0 Å². The van der Waals surface area contributed by atoms with Gasteiger partial charge in [-0.25, -0.2) is 9.97 Å². The minimum Gasteiger partial charge on any atom is -0.455 e. The Bertz CT molecular complexity index is 2460. The summed E-state index contributed by atoms with van der Waals surface area (Å²) in [6, 6.07) is 46.3. The summed E-state index contributed by atoms with van der Waals surface area (Å²) in [5.41, 5.74) is 13.1. The summed E-state index contributed by atoms with van der Waals surface area (Å²) in [5.74, 6) is 0.698. The zero-order valence-corrected chi connectivity index (χ0v) is 25.5. The van der Waals surface area contributed by atoms with E-state index in [0.717, 1.165) is 78.0 Å². The summed E-state index contributed by atoms with van der Waals surface area (Å²) in [5, 5.41) is 2.24. The van der Waals surface area contributed by atoms with Crippen molar-refractivity contribution >= 4 is 21.9 Å². The molecule has 0 bridgehead atoms. The average Bonchev–Trinajstić information content (AvgIpc) is 3.61. The van der Waals surface area contributed by atoms with E-state index in [0.29, 0.717) is 5.82 Å². The molecule has 3 aromatic heterocycles. The molecule has 9 rings (SSSR count). The fourth-order valence-corrected chi connectivity index (χ4v) is 7.11. The number of nitrogens with zero attached hydrogens (tertiary/aromatic N) is 3. The molecule has 4 nitrogen and oxygen atoms in total. The molecule has 1 aliphatic rings. The van der Waals surface area contributed by atoms with Gasteiger partial charge in [0, 0.05) is 55.8 Å². The highest BCUT2D eigenvalue weighted by atomic mass is 16.3. The van der Waals surface area contributed by atoms with E-state index in [2.05, 4.69) is 122 Å². The number of pyridine rings is 1. The normalized spacial score (nSPS) is 13.2. The summed E-state index contributed by atoms with van der Waals surface area (Å²) in [6.45, 7) is 4.57. The highest BCUT2D eigenvalue weighted by molar-refractivity contribution is 6.09. The van der Waals surface area contributed by atoms with Crippen LogP contribution in [-0.2, 0) is 5.41 Å². The number of para-hydroxylation sites is 2. The molecular formula is C42H29N3O. The standard InChI is InChI=1S/C42H29N3O/c1-42(2)34-20-5-3-17-33(34)39-37(42)38(44-41(45-39)29-15-10-13-27(25-29)35-21-7-8-23-43-35)28-14-9-12-26(24-28)30-18-11-19-32-31-16-4-6-22-36(31)46-40(30)32/h3-25H,1-2H3. The molecule has 0 aliphatic heterocycles. The van der Waals surface area contributed by atoms with Gasteiger partial charge in [0.05, 0.1) is 17.1 Å². The molecule has 0 spiro atoms. The van der Waals surface area contributed by atoms with Gasteiger partial charge in [-0.1, -0.05) is 117 Å². The monoisotopic (exact) mass is 591 g/mol. The second-order valence-corrected chi connectivity index (χ2v) is 12.4. The first-order valence-electron chi connectivity index (χ1n) is 15.6. The van der Waals surface area contributed by atoms with Gasteiger partial charge >= 0.3 is 0 Å². The number of fused-ring (bicyclic) bond motifs is 6. The average molecular weight is 592 g/mol. The van der Waals surface area contributed by atoms with E-state index in [4.69, 9.17) is 14.4 Å². The van der Waals surface area contributed by atoms with E-state index < -0.39 is 0 Å². The summed E-state index contributed by atoms with van der Waals surface area (Å²) < 4.78 is 6.43. The Kier molecular flexibility index (Phi) is 5.81. The van der Waals surface area contributed by atoms with Gasteiger partial charge in [0.2, 0.25) is 0 Å². The molecule has 3 heterocycles. The topological polar surface area (TPSA) is 51.8 Å². The molecule has 0 fully saturated rings. The minimum atomic E-state index is -0.273. The van der Waals surface area contributed by atoms with Gasteiger partial charge in [0.25, 0.3) is 0 Å². The molecule has 1 aliphatic carbocycles. The SMILES string of the molecule is CC1(C)c2ccccc2-c2nc(-c3cccc(-c4ccccn4)c3)nc(-c3cccc(-c4cccc5c4oc4ccccc45)c3)c21. The first kappa shape index (κ1) is 26.5. The Hall–Kier alpha value is -5.87. The lowest BCUT2D eigenvalue weighted by molar-refractivity contribution is 0.658. The van der Waals surface area contributed by atoms with Gasteiger partial charge in [0.1, 0.15) is 11.2 Å². The molecule has 0 radical (unpaired) electrons. The van der Waals surface area contributed by atoms with E-state index in [1.54, 1.807) is 0 Å². The van der Waals surface area contributed by atoms with Crippen LogP contribution in [0.1, 0.15) is 25.0 Å². The maximum absolute atomic E-state index is 6.43. The van der Waals surface area contributed by atoms with Crippen LogP contribution in [0.15, 0.2) is 144 Å². The van der Waals surface area contributed by atoms with Crippen LogP contribution >= 0.6 is 0 Å². The lowest BCUT2D eigenvalue weighted by atomic mass is 9.80. The van der Waals surface area contributed by atoms with Crippen molar-refractivity contribution in [2.24, 2.45) is 0 Å². The smallest absolute Gasteiger partial charge is 0.160 e. The second kappa shape index (κ2) is 10.1. The Morgan fingerprint density at radius 1 is 0.543 bits per heavy atom. The number of hydrogen-bond acceptors (Lipinski definition) is 4. The minimum absolute atomic E-state index is 0.273. The molecule has 0 unspecified atom stereocenters. The summed E-state index contributed by atoms with van der Waals surface area (Å²) in [4.78, 5) is 15.2. The molecule has 8 aromatic rings. The quantitative estimate of drug-likeness (QED) is 0.204. The summed E-state index contributed by atoms with van der Waals surface area (Å²) >= 11 is 0. The van der Waals surface area contributed by atoms with Gasteiger partial charge in [0.15, 0.2) is 5.82 Å². The van der Waals surface area contributed by atoms with E-state index >= 15 is 0 Å². The highest BCUT2D eigenvalue weighted by Gasteiger charge is 2.40. The third-order valence-corrected chi connectivity index (χ3v) is 9.32. The summed E-state index contributed by atoms with van der Waals surface area (Å²) in [6.07, 6.45) is 1.82. The van der Waals surface area contributed by atoms with E-state index in [9.17, 15) is 0 Å². The summed E-state index contributed by atoms with van der Waals surface area (Å²) in [7, 11) is 0. The largest absolute Gasteiger partial charge is 0.455 e. The second-order valence-electron chi connectivity index (χ2n) is 12.4. The molecule has 4 heteroatoms. The van der Waals surface area contributed by atoms with Gasteiger partial charge in [-0.05, 0) is 41.5 Å². The van der Waals surface area contributed by atoms with Crippen molar-refractivity contribution < 1.29 is 4.42 Å². The van der Waals surface area contributed by atoms with Gasteiger partial charge in [-0.15, -0.1) is 0 Å². The van der Waals surface area contributed by atoms with Crippen LogP contribution in [0.2, 0.25) is 0 Å². The van der Waals surface area contributed by atoms with Gasteiger partial charge < -0.3 is 4.42 Å². The van der Waals surface area contributed by atoms with Crippen molar-refractivity contribution in [3.63, 3.8) is 0 Å². The highest BCUT2D eigenvalue weighted by Crippen LogP contribution is 2.51. The van der Waals surface area contributed by atoms with E-state index in [-0.39, 0.29) is 5.41 Å². The molecule has 0 saturated carbocycles. The van der Waals surface area contributed by atoms with E-state index in [1.807, 2.05) is 36.5 Å². The van der Waals surface area contributed by atoms with Crippen LogP contribution in [0.4, 0.5) is 0 Å². The van der Waals surface area contributed by atoms with Crippen molar-refractivity contribution in [2.45, 2.75) is 19.3 Å². The first-order valence-corrected chi connectivity index (χ1v) is 15.6.